The highest BCUT2D eigenvalue weighted by Crippen LogP contribution is 2.24. The van der Waals surface area contributed by atoms with E-state index in [1.165, 1.54) is 15.4 Å². The summed E-state index contributed by atoms with van der Waals surface area (Å²) in [5, 5.41) is 2.93. The number of carbonyl (C=O) groups is 1. The molecule has 1 amide bonds. The Morgan fingerprint density at radius 1 is 1.00 bits per heavy atom. The van der Waals surface area contributed by atoms with Crippen LogP contribution in [0.15, 0.2) is 36.4 Å². The fraction of sp³-hybridized carbons (Fsp3) is 0.435. The third-order valence-electron chi connectivity index (χ3n) is 5.06. The number of hydrogen-bond donors (Lipinski definition) is 1. The zero-order valence-corrected chi connectivity index (χ0v) is 19.1. The normalized spacial score (nSPS) is 12.5. The van der Waals surface area contributed by atoms with Crippen molar-refractivity contribution < 1.29 is 13.2 Å². The topological polar surface area (TPSA) is 66.5 Å². The smallest absolute Gasteiger partial charge is 0.243 e. The predicted octanol–water partition coefficient (Wildman–Crippen LogP) is 3.90. The van der Waals surface area contributed by atoms with E-state index < -0.39 is 16.1 Å². The Morgan fingerprint density at radius 3 is 2.14 bits per heavy atom. The fourth-order valence-corrected chi connectivity index (χ4v) is 4.78. The van der Waals surface area contributed by atoms with Crippen molar-refractivity contribution in [2.24, 2.45) is 0 Å². The second kappa shape index (κ2) is 9.44. The molecule has 6 heteroatoms. The Balaban J connectivity index is 2.26. The second-order valence-electron chi connectivity index (χ2n) is 7.61. The van der Waals surface area contributed by atoms with Gasteiger partial charge >= 0.3 is 0 Å². The van der Waals surface area contributed by atoms with Crippen LogP contribution in [-0.2, 0) is 34.2 Å². The van der Waals surface area contributed by atoms with Gasteiger partial charge in [-0.15, -0.1) is 0 Å². The van der Waals surface area contributed by atoms with Crippen LogP contribution in [0.3, 0.4) is 0 Å². The molecular weight excluding hydrogens is 384 g/mol. The van der Waals surface area contributed by atoms with Gasteiger partial charge in [0.15, 0.2) is 0 Å². The molecule has 0 radical (unpaired) electrons. The lowest BCUT2D eigenvalue weighted by molar-refractivity contribution is -0.122. The lowest BCUT2D eigenvalue weighted by Crippen LogP contribution is -2.47. The summed E-state index contributed by atoms with van der Waals surface area (Å²) in [6, 6.07) is 11.0. The van der Waals surface area contributed by atoms with Gasteiger partial charge in [0.05, 0.1) is 11.9 Å². The van der Waals surface area contributed by atoms with Crippen LogP contribution >= 0.6 is 0 Å². The Kier molecular flexibility index (Phi) is 7.47. The van der Waals surface area contributed by atoms with Crippen LogP contribution in [0.5, 0.6) is 0 Å². The van der Waals surface area contributed by atoms with E-state index in [1.54, 1.807) is 19.1 Å². The number of nitrogens with one attached hydrogen (secondary N) is 1. The van der Waals surface area contributed by atoms with Crippen LogP contribution in [0, 0.1) is 13.8 Å². The average Bonchev–Trinajstić information content (AvgIpc) is 2.63. The van der Waals surface area contributed by atoms with Gasteiger partial charge in [-0.1, -0.05) is 38.1 Å². The van der Waals surface area contributed by atoms with E-state index in [1.807, 2.05) is 19.9 Å². The van der Waals surface area contributed by atoms with E-state index in [4.69, 9.17) is 0 Å². The molecule has 0 saturated carbocycles. The lowest BCUT2D eigenvalue weighted by Gasteiger charge is -2.29. The first-order valence-electron chi connectivity index (χ1n) is 10.0. The number of aryl methyl sites for hydroxylation is 4. The van der Waals surface area contributed by atoms with Crippen LogP contribution in [-0.4, -0.2) is 26.6 Å². The number of amides is 1. The molecule has 0 fully saturated rings. The van der Waals surface area contributed by atoms with Crippen molar-refractivity contribution in [2.45, 2.75) is 60.0 Å². The van der Waals surface area contributed by atoms with Crippen LogP contribution < -0.4 is 9.62 Å². The molecule has 0 bridgehead atoms. The van der Waals surface area contributed by atoms with Crippen LogP contribution in [0.1, 0.15) is 48.6 Å². The van der Waals surface area contributed by atoms with Gasteiger partial charge in [0, 0.05) is 6.54 Å². The maximum Gasteiger partial charge on any atom is 0.243 e. The monoisotopic (exact) mass is 416 g/mol. The van der Waals surface area contributed by atoms with Gasteiger partial charge in [0.1, 0.15) is 6.04 Å². The van der Waals surface area contributed by atoms with Crippen molar-refractivity contribution in [3.05, 3.63) is 64.2 Å². The van der Waals surface area contributed by atoms with Crippen molar-refractivity contribution >= 4 is 21.6 Å². The third kappa shape index (κ3) is 5.82. The molecule has 0 aromatic heterocycles. The fourth-order valence-electron chi connectivity index (χ4n) is 3.63. The Hall–Kier alpha value is -2.34. The highest BCUT2D eigenvalue weighted by atomic mass is 32.2. The zero-order chi connectivity index (χ0) is 21.8. The summed E-state index contributed by atoms with van der Waals surface area (Å²) in [4.78, 5) is 12.9. The maximum atomic E-state index is 12.9. The summed E-state index contributed by atoms with van der Waals surface area (Å²) in [5.41, 5.74) is 5.88. The van der Waals surface area contributed by atoms with E-state index in [-0.39, 0.29) is 5.91 Å². The standard InChI is InChI=1S/C23H32N2O3S/c1-7-19-9-10-20(8-2)21(14-19)15-24-23(26)18(5)25(29(6,27)28)22-12-16(3)11-17(4)13-22/h9-14,18H,7-8,15H2,1-6H3,(H,24,26). The zero-order valence-electron chi connectivity index (χ0n) is 18.2. The van der Waals surface area contributed by atoms with Crippen LogP contribution in [0.2, 0.25) is 0 Å². The van der Waals surface area contributed by atoms with E-state index in [0.717, 1.165) is 35.8 Å². The van der Waals surface area contributed by atoms with Gasteiger partial charge in [-0.3, -0.25) is 9.10 Å². The van der Waals surface area contributed by atoms with Crippen molar-refractivity contribution in [1.82, 2.24) is 5.32 Å². The van der Waals surface area contributed by atoms with Crippen molar-refractivity contribution in [1.29, 1.82) is 0 Å². The molecule has 0 spiro atoms. The molecule has 1 atom stereocenters. The van der Waals surface area contributed by atoms with Gasteiger partial charge in [-0.2, -0.15) is 0 Å². The summed E-state index contributed by atoms with van der Waals surface area (Å²) in [5.74, 6) is -0.321. The molecule has 29 heavy (non-hydrogen) atoms. The molecule has 0 heterocycles. The molecule has 5 nitrogen and oxygen atoms in total. The largest absolute Gasteiger partial charge is 0.350 e. The van der Waals surface area contributed by atoms with Gasteiger partial charge < -0.3 is 5.32 Å². The molecular formula is C23H32N2O3S. The number of hydrogen-bond acceptors (Lipinski definition) is 3. The molecule has 2 aromatic rings. The van der Waals surface area contributed by atoms with E-state index in [9.17, 15) is 13.2 Å². The van der Waals surface area contributed by atoms with Gasteiger partial charge in [-0.25, -0.2) is 8.42 Å². The van der Waals surface area contributed by atoms with Crippen molar-refractivity contribution in [3.63, 3.8) is 0 Å². The van der Waals surface area contributed by atoms with Crippen molar-refractivity contribution in [2.75, 3.05) is 10.6 Å². The number of rotatable bonds is 8. The van der Waals surface area contributed by atoms with Gasteiger partial charge in [0.2, 0.25) is 15.9 Å². The molecule has 158 valence electrons. The molecule has 0 aliphatic rings. The molecule has 0 aliphatic carbocycles. The predicted molar refractivity (Wildman–Crippen MR) is 120 cm³/mol. The average molecular weight is 417 g/mol. The van der Waals surface area contributed by atoms with Gasteiger partial charge in [0.25, 0.3) is 0 Å². The van der Waals surface area contributed by atoms with Gasteiger partial charge in [-0.05, 0) is 73.6 Å². The minimum atomic E-state index is -3.63. The summed E-state index contributed by atoms with van der Waals surface area (Å²) < 4.78 is 26.2. The van der Waals surface area contributed by atoms with Crippen LogP contribution in [0.4, 0.5) is 5.69 Å². The molecule has 1 N–H and O–H groups in total. The number of nitrogens with zero attached hydrogens (tertiary/aromatic N) is 1. The summed E-state index contributed by atoms with van der Waals surface area (Å²) >= 11 is 0. The first-order valence-corrected chi connectivity index (χ1v) is 11.9. The molecule has 1 unspecified atom stereocenters. The lowest BCUT2D eigenvalue weighted by atomic mass is 10.0. The number of carbonyl (C=O) groups excluding carboxylic acids is 1. The summed E-state index contributed by atoms with van der Waals surface area (Å²) in [6.07, 6.45) is 2.94. The first kappa shape index (κ1) is 22.9. The summed E-state index contributed by atoms with van der Waals surface area (Å²) in [7, 11) is -3.63. The van der Waals surface area contributed by atoms with E-state index in [2.05, 4.69) is 37.4 Å². The quantitative estimate of drug-likeness (QED) is 0.710. The second-order valence-corrected chi connectivity index (χ2v) is 9.47. The Labute approximate surface area is 175 Å². The van der Waals surface area contributed by atoms with Crippen molar-refractivity contribution in [3.8, 4) is 0 Å². The Morgan fingerprint density at radius 2 is 1.62 bits per heavy atom. The highest BCUT2D eigenvalue weighted by molar-refractivity contribution is 7.92. The molecule has 0 saturated heterocycles. The number of sulfonamides is 1. The SMILES string of the molecule is CCc1ccc(CC)c(CNC(=O)C(C)N(c2cc(C)cc(C)c2)S(C)(=O)=O)c1. The minimum Gasteiger partial charge on any atom is -0.350 e. The molecule has 2 rings (SSSR count). The minimum absolute atomic E-state index is 0.321. The Bertz CT molecular complexity index is 963. The maximum absolute atomic E-state index is 12.9. The van der Waals surface area contributed by atoms with Crippen LogP contribution in [0.25, 0.3) is 0 Å². The third-order valence-corrected chi connectivity index (χ3v) is 6.30. The van der Waals surface area contributed by atoms with E-state index >= 15 is 0 Å². The summed E-state index contributed by atoms with van der Waals surface area (Å²) in [6.45, 7) is 10.0. The molecule has 2 aromatic carbocycles. The number of benzene rings is 2. The number of anilines is 1. The first-order chi connectivity index (χ1) is 13.6. The molecule has 0 aliphatic heterocycles. The van der Waals surface area contributed by atoms with E-state index in [0.29, 0.717) is 12.2 Å². The highest BCUT2D eigenvalue weighted by Gasteiger charge is 2.29.